The topological polar surface area (TPSA) is 62.4 Å². The summed E-state index contributed by atoms with van der Waals surface area (Å²) < 4.78 is 0. The Morgan fingerprint density at radius 3 is 2.40 bits per heavy atom. The molecule has 1 aliphatic carbocycles. The first-order valence-corrected chi connectivity index (χ1v) is 6.07. The summed E-state index contributed by atoms with van der Waals surface area (Å²) in [5, 5.41) is 3.37. The van der Waals surface area contributed by atoms with E-state index in [2.05, 4.69) is 22.7 Å². The number of nitrogens with two attached hydrogens (primary N) is 1. The molecule has 15 heavy (non-hydrogen) atoms. The Morgan fingerprint density at radius 2 is 1.93 bits per heavy atom. The lowest BCUT2D eigenvalue weighted by Crippen LogP contribution is -2.47. The Hall–Kier alpha value is -0.770. The van der Waals surface area contributed by atoms with Crippen LogP contribution in [0.5, 0.6) is 0 Å². The van der Waals surface area contributed by atoms with Crippen molar-refractivity contribution in [3.05, 3.63) is 0 Å². The molecule has 0 aliphatic heterocycles. The van der Waals surface area contributed by atoms with Crippen molar-refractivity contribution in [3.8, 4) is 0 Å². The molecule has 4 N–H and O–H groups in total. The number of hydrazine groups is 1. The summed E-state index contributed by atoms with van der Waals surface area (Å²) >= 11 is 0. The van der Waals surface area contributed by atoms with Gasteiger partial charge in [-0.1, -0.05) is 13.3 Å². The van der Waals surface area contributed by atoms with Crippen LogP contribution in [0.25, 0.3) is 0 Å². The molecule has 4 nitrogen and oxygen atoms in total. The van der Waals surface area contributed by atoms with Gasteiger partial charge in [-0.2, -0.15) is 0 Å². The molecule has 88 valence electrons. The van der Waals surface area contributed by atoms with Crippen LogP contribution < -0.4 is 16.6 Å². The Kier molecular flexibility index (Phi) is 5.47. The minimum absolute atomic E-state index is 0.550. The minimum atomic E-state index is 0.550. The Bertz CT molecular complexity index is 195. The molecule has 0 radical (unpaired) electrons. The molecule has 4 heteroatoms. The Balaban J connectivity index is 2.31. The van der Waals surface area contributed by atoms with Gasteiger partial charge in [-0.05, 0) is 38.5 Å². The van der Waals surface area contributed by atoms with Crippen LogP contribution in [-0.2, 0) is 0 Å². The monoisotopic (exact) mass is 212 g/mol. The normalized spacial score (nSPS) is 27.5. The largest absolute Gasteiger partial charge is 0.353 e. The minimum Gasteiger partial charge on any atom is -0.353 e. The molecule has 0 spiro atoms. The molecule has 0 aromatic heterocycles. The van der Waals surface area contributed by atoms with Gasteiger partial charge in [0.25, 0.3) is 0 Å². The molecule has 1 aliphatic rings. The van der Waals surface area contributed by atoms with Crippen LogP contribution in [0.15, 0.2) is 4.99 Å². The van der Waals surface area contributed by atoms with Gasteiger partial charge in [-0.25, -0.2) is 5.84 Å². The predicted octanol–water partition coefficient (Wildman–Crippen LogP) is 1.38. The van der Waals surface area contributed by atoms with E-state index in [4.69, 9.17) is 5.84 Å². The maximum absolute atomic E-state index is 5.39. The molecule has 0 amide bonds. The van der Waals surface area contributed by atoms with Crippen molar-refractivity contribution in [2.45, 2.75) is 52.0 Å². The lowest BCUT2D eigenvalue weighted by atomic mass is 9.85. The fourth-order valence-electron chi connectivity index (χ4n) is 2.20. The summed E-state index contributed by atoms with van der Waals surface area (Å²) in [7, 11) is 0. The average Bonchev–Trinajstić information content (AvgIpc) is 2.29. The molecular weight excluding hydrogens is 188 g/mol. The molecular formula is C11H24N4. The lowest BCUT2D eigenvalue weighted by molar-refractivity contribution is 0.304. The quantitative estimate of drug-likeness (QED) is 0.287. The molecule has 0 bridgehead atoms. The summed E-state index contributed by atoms with van der Waals surface area (Å²) in [6.45, 7) is 5.05. The van der Waals surface area contributed by atoms with Gasteiger partial charge < -0.3 is 5.32 Å². The summed E-state index contributed by atoms with van der Waals surface area (Å²) in [5.74, 6) is 7.05. The molecule has 0 aromatic carbocycles. The molecule has 0 unspecified atom stereocenters. The van der Waals surface area contributed by atoms with Crippen molar-refractivity contribution in [2.24, 2.45) is 16.8 Å². The maximum Gasteiger partial charge on any atom is 0.205 e. The van der Waals surface area contributed by atoms with Gasteiger partial charge in [0.05, 0.1) is 0 Å². The molecule has 1 saturated carbocycles. The number of rotatable bonds is 3. The highest BCUT2D eigenvalue weighted by molar-refractivity contribution is 5.79. The second kappa shape index (κ2) is 6.67. The van der Waals surface area contributed by atoms with E-state index in [0.717, 1.165) is 18.4 Å². The number of hydrogen-bond acceptors (Lipinski definition) is 2. The molecule has 1 rings (SSSR count). The smallest absolute Gasteiger partial charge is 0.205 e. The van der Waals surface area contributed by atoms with Gasteiger partial charge in [0.2, 0.25) is 5.96 Å². The van der Waals surface area contributed by atoms with Crippen molar-refractivity contribution >= 4 is 5.96 Å². The fourth-order valence-corrected chi connectivity index (χ4v) is 2.20. The third-order valence-corrected chi connectivity index (χ3v) is 3.22. The van der Waals surface area contributed by atoms with E-state index in [1.807, 2.05) is 6.92 Å². The van der Waals surface area contributed by atoms with Crippen molar-refractivity contribution in [2.75, 3.05) is 6.54 Å². The lowest BCUT2D eigenvalue weighted by Gasteiger charge is -2.29. The van der Waals surface area contributed by atoms with Gasteiger partial charge in [0, 0.05) is 12.6 Å². The van der Waals surface area contributed by atoms with Crippen LogP contribution >= 0.6 is 0 Å². The molecule has 0 aromatic rings. The highest BCUT2D eigenvalue weighted by Gasteiger charge is 2.20. The number of nitrogens with zero attached hydrogens (tertiary/aromatic N) is 1. The van der Waals surface area contributed by atoms with E-state index in [0.29, 0.717) is 6.04 Å². The standard InChI is InChI=1S/C11H24N4/c1-3-9-5-7-10(8-6-9)14-11(15-12)13-4-2/h9-10H,3-8,12H2,1-2H3,(H2,13,14,15). The SMILES string of the molecule is CCN=C(NN)NC1CCC(CC)CC1. The van der Waals surface area contributed by atoms with Gasteiger partial charge in [0.1, 0.15) is 0 Å². The third-order valence-electron chi connectivity index (χ3n) is 3.22. The van der Waals surface area contributed by atoms with E-state index in [1.54, 1.807) is 0 Å². The maximum atomic E-state index is 5.39. The fraction of sp³-hybridized carbons (Fsp3) is 0.909. The number of aliphatic imine (C=N–C) groups is 1. The van der Waals surface area contributed by atoms with Crippen LogP contribution in [-0.4, -0.2) is 18.5 Å². The average molecular weight is 212 g/mol. The van der Waals surface area contributed by atoms with Crippen molar-refractivity contribution in [1.82, 2.24) is 10.7 Å². The van der Waals surface area contributed by atoms with Gasteiger partial charge >= 0.3 is 0 Å². The molecule has 0 heterocycles. The zero-order valence-corrected chi connectivity index (χ0v) is 9.92. The highest BCUT2D eigenvalue weighted by atomic mass is 15.3. The van der Waals surface area contributed by atoms with E-state index in [-0.39, 0.29) is 0 Å². The van der Waals surface area contributed by atoms with Crippen LogP contribution in [0, 0.1) is 5.92 Å². The summed E-state index contributed by atoms with van der Waals surface area (Å²) in [4.78, 5) is 4.25. The van der Waals surface area contributed by atoms with Crippen LogP contribution in [0.1, 0.15) is 46.0 Å². The molecule has 0 atom stereocenters. The zero-order chi connectivity index (χ0) is 11.1. The predicted molar refractivity (Wildman–Crippen MR) is 64.5 cm³/mol. The highest BCUT2D eigenvalue weighted by Crippen LogP contribution is 2.26. The summed E-state index contributed by atoms with van der Waals surface area (Å²) in [5.41, 5.74) is 2.61. The van der Waals surface area contributed by atoms with Gasteiger partial charge in [0.15, 0.2) is 0 Å². The first-order chi connectivity index (χ1) is 7.30. The summed E-state index contributed by atoms with van der Waals surface area (Å²) in [6, 6.07) is 0.550. The molecule has 1 fully saturated rings. The van der Waals surface area contributed by atoms with E-state index >= 15 is 0 Å². The van der Waals surface area contributed by atoms with Crippen molar-refractivity contribution in [3.63, 3.8) is 0 Å². The Labute approximate surface area is 92.7 Å². The van der Waals surface area contributed by atoms with Crippen LogP contribution in [0.4, 0.5) is 0 Å². The second-order valence-corrected chi connectivity index (χ2v) is 4.24. The zero-order valence-electron chi connectivity index (χ0n) is 9.92. The van der Waals surface area contributed by atoms with E-state index in [9.17, 15) is 0 Å². The first-order valence-electron chi connectivity index (χ1n) is 6.07. The van der Waals surface area contributed by atoms with Crippen LogP contribution in [0.3, 0.4) is 0 Å². The molecule has 0 saturated heterocycles. The third kappa shape index (κ3) is 4.08. The number of nitrogens with one attached hydrogen (secondary N) is 2. The van der Waals surface area contributed by atoms with Gasteiger partial charge in [-0.3, -0.25) is 10.4 Å². The van der Waals surface area contributed by atoms with Crippen LogP contribution in [0.2, 0.25) is 0 Å². The van der Waals surface area contributed by atoms with Crippen molar-refractivity contribution < 1.29 is 0 Å². The Morgan fingerprint density at radius 1 is 1.27 bits per heavy atom. The van der Waals surface area contributed by atoms with E-state index in [1.165, 1.54) is 32.1 Å². The summed E-state index contributed by atoms with van der Waals surface area (Å²) in [6.07, 6.45) is 6.46. The van der Waals surface area contributed by atoms with E-state index < -0.39 is 0 Å². The van der Waals surface area contributed by atoms with Gasteiger partial charge in [-0.15, -0.1) is 0 Å². The second-order valence-electron chi connectivity index (χ2n) is 4.24. The first kappa shape index (κ1) is 12.3. The van der Waals surface area contributed by atoms with Crippen molar-refractivity contribution in [1.29, 1.82) is 0 Å². The number of hydrogen-bond donors (Lipinski definition) is 3. The number of guanidine groups is 1.